The van der Waals surface area contributed by atoms with Crippen LogP contribution >= 0.6 is 11.8 Å². The minimum Gasteiger partial charge on any atom is -0.335 e. The molecule has 172 valence electrons. The molecule has 0 bridgehead atoms. The van der Waals surface area contributed by atoms with Crippen molar-refractivity contribution in [2.45, 2.75) is 30.6 Å². The van der Waals surface area contributed by atoms with Crippen LogP contribution in [0.5, 0.6) is 0 Å². The third-order valence-corrected chi connectivity index (χ3v) is 6.61. The highest BCUT2D eigenvalue weighted by atomic mass is 32.2. The van der Waals surface area contributed by atoms with Crippen LogP contribution in [0, 0.1) is 11.6 Å². The van der Waals surface area contributed by atoms with Crippen LogP contribution in [0.3, 0.4) is 0 Å². The van der Waals surface area contributed by atoms with Crippen molar-refractivity contribution in [3.63, 3.8) is 0 Å². The lowest BCUT2D eigenvalue weighted by atomic mass is 10.2. The topological polar surface area (TPSA) is 51.0 Å². The minimum atomic E-state index is -0.399. The monoisotopic (exact) mass is 476 g/mol. The van der Waals surface area contributed by atoms with Gasteiger partial charge in [-0.05, 0) is 43.2 Å². The highest BCUT2D eigenvalue weighted by Crippen LogP contribution is 2.32. The van der Waals surface area contributed by atoms with Crippen LogP contribution in [0.25, 0.3) is 17.1 Å². The fourth-order valence-electron chi connectivity index (χ4n) is 3.82. The van der Waals surface area contributed by atoms with Gasteiger partial charge in [-0.1, -0.05) is 60.3 Å². The predicted molar refractivity (Wildman–Crippen MR) is 127 cm³/mol. The SMILES string of the molecule is O=C(CSc1nnc(-c2ccccc2F)n1-c1ccccc1)N(Cc1ccccc1F)C1CC1. The summed E-state index contributed by atoms with van der Waals surface area (Å²) >= 11 is 1.24. The van der Waals surface area contributed by atoms with E-state index in [-0.39, 0.29) is 30.1 Å². The third kappa shape index (κ3) is 4.72. The molecule has 1 aliphatic rings. The molecule has 5 nitrogen and oxygen atoms in total. The molecular formula is C26H22F2N4OS. The smallest absolute Gasteiger partial charge is 0.233 e. The van der Waals surface area contributed by atoms with Crippen LogP contribution in [0.4, 0.5) is 8.78 Å². The van der Waals surface area contributed by atoms with E-state index >= 15 is 0 Å². The number of halogens is 2. The first-order valence-electron chi connectivity index (χ1n) is 11.0. The average Bonchev–Trinajstić information content (AvgIpc) is 3.61. The molecule has 0 unspecified atom stereocenters. The standard InChI is InChI=1S/C26H22F2N4OS/c27-22-12-6-4-8-18(22)16-31(19-14-15-19)24(33)17-34-26-30-29-25(21-11-5-7-13-23(21)28)32(26)20-9-2-1-3-10-20/h1-13,19H,14-17H2. The molecule has 0 aliphatic heterocycles. The molecule has 1 aliphatic carbocycles. The number of carbonyl (C=O) groups is 1. The molecule has 1 amide bonds. The van der Waals surface area contributed by atoms with E-state index in [2.05, 4.69) is 10.2 Å². The lowest BCUT2D eigenvalue weighted by Crippen LogP contribution is -2.34. The molecule has 0 spiro atoms. The van der Waals surface area contributed by atoms with E-state index in [9.17, 15) is 13.6 Å². The first-order valence-corrected chi connectivity index (χ1v) is 12.0. The summed E-state index contributed by atoms with van der Waals surface area (Å²) in [6.07, 6.45) is 1.84. The van der Waals surface area contributed by atoms with Gasteiger partial charge in [0.1, 0.15) is 11.6 Å². The molecule has 1 fully saturated rings. The number of carbonyl (C=O) groups excluding carboxylic acids is 1. The van der Waals surface area contributed by atoms with Gasteiger partial charge in [0.25, 0.3) is 0 Å². The molecule has 8 heteroatoms. The zero-order valence-electron chi connectivity index (χ0n) is 18.3. The minimum absolute atomic E-state index is 0.0918. The molecule has 1 saturated carbocycles. The number of para-hydroxylation sites is 1. The second-order valence-corrected chi connectivity index (χ2v) is 9.03. The van der Waals surface area contributed by atoms with E-state index in [1.165, 1.54) is 23.9 Å². The molecule has 1 aromatic heterocycles. The van der Waals surface area contributed by atoms with Crippen LogP contribution in [-0.4, -0.2) is 37.4 Å². The second kappa shape index (κ2) is 9.77. The second-order valence-electron chi connectivity index (χ2n) is 8.09. The summed E-state index contributed by atoms with van der Waals surface area (Å²) in [5, 5.41) is 9.01. The Labute approximate surface area is 200 Å². The van der Waals surface area contributed by atoms with E-state index in [1.54, 1.807) is 45.9 Å². The fraction of sp³-hybridized carbons (Fsp3) is 0.192. The molecule has 1 heterocycles. The summed E-state index contributed by atoms with van der Waals surface area (Å²) in [7, 11) is 0. The van der Waals surface area contributed by atoms with Gasteiger partial charge in [0.05, 0.1) is 11.3 Å². The van der Waals surface area contributed by atoms with Crippen molar-refractivity contribution in [3.8, 4) is 17.1 Å². The first kappa shape index (κ1) is 22.3. The summed E-state index contributed by atoms with van der Waals surface area (Å²) < 4.78 is 30.5. The maximum atomic E-state index is 14.6. The Balaban J connectivity index is 1.40. The number of amides is 1. The number of rotatable bonds is 8. The summed E-state index contributed by atoms with van der Waals surface area (Å²) in [5.41, 5.74) is 1.60. The van der Waals surface area contributed by atoms with Gasteiger partial charge in [0.2, 0.25) is 5.91 Å². The highest BCUT2D eigenvalue weighted by molar-refractivity contribution is 7.99. The van der Waals surface area contributed by atoms with Gasteiger partial charge < -0.3 is 4.90 Å². The van der Waals surface area contributed by atoms with E-state index in [1.807, 2.05) is 30.3 Å². The Kier molecular flexibility index (Phi) is 6.40. The zero-order chi connectivity index (χ0) is 23.5. The van der Waals surface area contributed by atoms with Crippen LogP contribution < -0.4 is 0 Å². The van der Waals surface area contributed by atoms with E-state index in [4.69, 9.17) is 0 Å². The molecule has 0 saturated heterocycles. The Morgan fingerprint density at radius 3 is 2.29 bits per heavy atom. The summed E-state index contributed by atoms with van der Waals surface area (Å²) in [5.74, 6) is -0.320. The van der Waals surface area contributed by atoms with Crippen molar-refractivity contribution in [1.82, 2.24) is 19.7 Å². The Bertz CT molecular complexity index is 1310. The van der Waals surface area contributed by atoms with Gasteiger partial charge >= 0.3 is 0 Å². The lowest BCUT2D eigenvalue weighted by molar-refractivity contribution is -0.129. The number of thioether (sulfide) groups is 1. The molecule has 34 heavy (non-hydrogen) atoms. The molecule has 0 N–H and O–H groups in total. The Morgan fingerprint density at radius 2 is 1.59 bits per heavy atom. The number of hydrogen-bond donors (Lipinski definition) is 0. The number of hydrogen-bond acceptors (Lipinski definition) is 4. The van der Waals surface area contributed by atoms with E-state index in [0.29, 0.717) is 22.1 Å². The van der Waals surface area contributed by atoms with Crippen LogP contribution in [0.1, 0.15) is 18.4 Å². The van der Waals surface area contributed by atoms with E-state index in [0.717, 1.165) is 18.5 Å². The molecule has 5 rings (SSSR count). The lowest BCUT2D eigenvalue weighted by Gasteiger charge is -2.22. The van der Waals surface area contributed by atoms with Crippen molar-refractivity contribution in [2.75, 3.05) is 5.75 Å². The zero-order valence-corrected chi connectivity index (χ0v) is 19.1. The number of aromatic nitrogens is 3. The maximum Gasteiger partial charge on any atom is 0.233 e. The summed E-state index contributed by atoms with van der Waals surface area (Å²) in [6.45, 7) is 0.239. The number of nitrogens with zero attached hydrogens (tertiary/aromatic N) is 4. The number of benzene rings is 3. The largest absolute Gasteiger partial charge is 0.335 e. The first-order chi connectivity index (χ1) is 16.6. The quantitative estimate of drug-likeness (QED) is 0.315. The van der Waals surface area contributed by atoms with Crippen molar-refractivity contribution < 1.29 is 13.6 Å². The van der Waals surface area contributed by atoms with Crippen LogP contribution in [-0.2, 0) is 11.3 Å². The van der Waals surface area contributed by atoms with Gasteiger partial charge in [-0.2, -0.15) is 0 Å². The predicted octanol–water partition coefficient (Wildman–Crippen LogP) is 5.50. The van der Waals surface area contributed by atoms with Gasteiger partial charge in [0.15, 0.2) is 11.0 Å². The average molecular weight is 477 g/mol. The summed E-state index contributed by atoms with van der Waals surface area (Å²) in [6, 6.07) is 22.5. The van der Waals surface area contributed by atoms with Gasteiger partial charge in [-0.25, -0.2) is 8.78 Å². The van der Waals surface area contributed by atoms with Crippen molar-refractivity contribution in [2.24, 2.45) is 0 Å². The van der Waals surface area contributed by atoms with Gasteiger partial charge in [-0.15, -0.1) is 10.2 Å². The Hall–Kier alpha value is -3.52. The van der Waals surface area contributed by atoms with Gasteiger partial charge in [0, 0.05) is 23.8 Å². The van der Waals surface area contributed by atoms with E-state index < -0.39 is 5.82 Å². The Morgan fingerprint density at radius 1 is 0.912 bits per heavy atom. The van der Waals surface area contributed by atoms with Crippen LogP contribution in [0.2, 0.25) is 0 Å². The van der Waals surface area contributed by atoms with Crippen LogP contribution in [0.15, 0.2) is 84.0 Å². The molecule has 3 aromatic carbocycles. The molecule has 0 atom stereocenters. The van der Waals surface area contributed by atoms with Gasteiger partial charge in [-0.3, -0.25) is 9.36 Å². The fourth-order valence-corrected chi connectivity index (χ4v) is 4.65. The normalized spacial score (nSPS) is 13.1. The molecule has 4 aromatic rings. The molecular weight excluding hydrogens is 454 g/mol. The maximum absolute atomic E-state index is 14.6. The van der Waals surface area contributed by atoms with Crippen molar-refractivity contribution in [3.05, 3.63) is 96.1 Å². The van der Waals surface area contributed by atoms with Crippen molar-refractivity contribution in [1.29, 1.82) is 0 Å². The highest BCUT2D eigenvalue weighted by Gasteiger charge is 2.33. The third-order valence-electron chi connectivity index (χ3n) is 5.69. The summed E-state index contributed by atoms with van der Waals surface area (Å²) in [4.78, 5) is 14.9. The van der Waals surface area contributed by atoms with Crippen molar-refractivity contribution >= 4 is 17.7 Å². The molecule has 0 radical (unpaired) electrons.